The van der Waals surface area contributed by atoms with Gasteiger partial charge in [-0.2, -0.15) is 0 Å². The zero-order valence-electron chi connectivity index (χ0n) is 16.0. The van der Waals surface area contributed by atoms with Crippen LogP contribution >= 0.6 is 0 Å². The number of imide groups is 2. The first-order valence-electron chi connectivity index (χ1n) is 9.56. The summed E-state index contributed by atoms with van der Waals surface area (Å²) in [6, 6.07) is -0.635. The Morgan fingerprint density at radius 3 is 1.18 bits per heavy atom. The maximum atomic E-state index is 11.3. The van der Waals surface area contributed by atoms with E-state index in [4.69, 9.17) is 0 Å². The lowest BCUT2D eigenvalue weighted by molar-refractivity contribution is -0.119. The van der Waals surface area contributed by atoms with Crippen LogP contribution in [-0.4, -0.2) is 112 Å². The normalized spacial score (nSPS) is 16.9. The zero-order chi connectivity index (χ0) is 20.2. The minimum Gasteiger partial charge on any atom is -0.314 e. The van der Waals surface area contributed by atoms with Crippen LogP contribution in [0.2, 0.25) is 0 Å². The van der Waals surface area contributed by atoms with Crippen LogP contribution in [-0.2, 0) is 9.59 Å². The van der Waals surface area contributed by atoms with Gasteiger partial charge in [-0.3, -0.25) is 20.2 Å². The number of nitrogens with zero attached hydrogens (tertiary/aromatic N) is 2. The van der Waals surface area contributed by atoms with Gasteiger partial charge in [-0.1, -0.05) is 0 Å². The van der Waals surface area contributed by atoms with Gasteiger partial charge in [0.1, 0.15) is 13.1 Å². The molecule has 0 unspecified atom stereocenters. The molecule has 0 aromatic heterocycles. The van der Waals surface area contributed by atoms with Gasteiger partial charge in [-0.15, -0.1) is 0 Å². The van der Waals surface area contributed by atoms with Gasteiger partial charge in [0.2, 0.25) is 11.8 Å². The number of hydrogen-bond donors (Lipinski definition) is 6. The van der Waals surface area contributed by atoms with E-state index in [1.807, 2.05) is 0 Å². The smallest absolute Gasteiger partial charge is 0.314 e. The molecule has 0 aliphatic carbocycles. The second-order valence-corrected chi connectivity index (χ2v) is 6.55. The van der Waals surface area contributed by atoms with E-state index < -0.39 is 0 Å². The van der Waals surface area contributed by atoms with Crippen molar-refractivity contribution in [2.75, 3.05) is 78.5 Å². The van der Waals surface area contributed by atoms with Crippen molar-refractivity contribution in [1.82, 2.24) is 41.7 Å². The molecular weight excluding hydrogens is 368 g/mol. The third-order valence-electron chi connectivity index (χ3n) is 4.29. The fraction of sp³-hybridized carbons (Fsp3) is 0.750. The van der Waals surface area contributed by atoms with Gasteiger partial charge in [0, 0.05) is 65.4 Å². The van der Waals surface area contributed by atoms with Crippen LogP contribution in [0.1, 0.15) is 0 Å². The molecule has 6 amide bonds. The predicted molar refractivity (Wildman–Crippen MR) is 102 cm³/mol. The molecule has 2 heterocycles. The number of amides is 6. The summed E-state index contributed by atoms with van der Waals surface area (Å²) in [4.78, 5) is 47.7. The maximum absolute atomic E-state index is 11.3. The fourth-order valence-electron chi connectivity index (χ4n) is 2.79. The molecule has 12 nitrogen and oxygen atoms in total. The molecule has 2 fully saturated rings. The van der Waals surface area contributed by atoms with Gasteiger partial charge in [0.15, 0.2) is 0 Å². The average Bonchev–Trinajstić information content (AvgIpc) is 3.14. The SMILES string of the molecule is O=C1CN(CCNCCNCCNCCNCCN2CC(=O)NC2=O)C(=O)N1. The number of urea groups is 2. The van der Waals surface area contributed by atoms with E-state index in [0.717, 1.165) is 39.3 Å². The van der Waals surface area contributed by atoms with Crippen LogP contribution in [0.15, 0.2) is 0 Å². The van der Waals surface area contributed by atoms with Crippen molar-refractivity contribution < 1.29 is 19.2 Å². The lowest BCUT2D eigenvalue weighted by Gasteiger charge is -2.14. The second-order valence-electron chi connectivity index (χ2n) is 6.55. The predicted octanol–water partition coefficient (Wildman–Crippen LogP) is -3.55. The Balaban J connectivity index is 1.28. The molecule has 2 aliphatic rings. The van der Waals surface area contributed by atoms with Gasteiger partial charge in [-0.05, 0) is 0 Å². The van der Waals surface area contributed by atoms with E-state index in [1.54, 1.807) is 0 Å². The van der Waals surface area contributed by atoms with Crippen molar-refractivity contribution in [3.8, 4) is 0 Å². The Morgan fingerprint density at radius 1 is 0.571 bits per heavy atom. The first kappa shape index (κ1) is 22.0. The summed E-state index contributed by atoms with van der Waals surface area (Å²) in [5.74, 6) is -0.491. The number of rotatable bonds is 15. The summed E-state index contributed by atoms with van der Waals surface area (Å²) in [5.41, 5.74) is 0. The van der Waals surface area contributed by atoms with Crippen molar-refractivity contribution in [3.05, 3.63) is 0 Å². The Hall–Kier alpha value is -2.28. The molecule has 0 atom stereocenters. The summed E-state index contributed by atoms with van der Waals surface area (Å²) in [7, 11) is 0. The quantitative estimate of drug-likeness (QED) is 0.123. The third-order valence-corrected chi connectivity index (χ3v) is 4.29. The van der Waals surface area contributed by atoms with Gasteiger partial charge >= 0.3 is 12.1 Å². The van der Waals surface area contributed by atoms with E-state index in [0.29, 0.717) is 26.2 Å². The average molecular weight is 398 g/mol. The van der Waals surface area contributed by atoms with E-state index in [-0.39, 0.29) is 37.0 Å². The van der Waals surface area contributed by atoms with Crippen molar-refractivity contribution in [3.63, 3.8) is 0 Å². The molecule has 0 spiro atoms. The first-order chi connectivity index (χ1) is 13.6. The molecule has 0 saturated carbocycles. The van der Waals surface area contributed by atoms with E-state index >= 15 is 0 Å². The van der Waals surface area contributed by atoms with Gasteiger partial charge in [-0.25, -0.2) is 9.59 Å². The van der Waals surface area contributed by atoms with Crippen LogP contribution in [0.3, 0.4) is 0 Å². The highest BCUT2D eigenvalue weighted by molar-refractivity contribution is 6.02. The molecule has 0 aromatic rings. The Bertz CT molecular complexity index is 511. The minimum atomic E-state index is -0.317. The van der Waals surface area contributed by atoms with Gasteiger partial charge in [0.25, 0.3) is 0 Å². The topological polar surface area (TPSA) is 147 Å². The van der Waals surface area contributed by atoms with Crippen molar-refractivity contribution in [2.45, 2.75) is 0 Å². The molecule has 2 saturated heterocycles. The largest absolute Gasteiger partial charge is 0.324 e. The van der Waals surface area contributed by atoms with Gasteiger partial charge in [0.05, 0.1) is 0 Å². The summed E-state index contributed by atoms with van der Waals surface area (Å²) in [6.07, 6.45) is 0. The Kier molecular flexibility index (Phi) is 9.62. The van der Waals surface area contributed by atoms with Crippen LogP contribution in [0.25, 0.3) is 0 Å². The number of carbonyl (C=O) groups excluding carboxylic acids is 4. The minimum absolute atomic E-state index is 0.145. The first-order valence-corrected chi connectivity index (χ1v) is 9.56. The van der Waals surface area contributed by atoms with Crippen LogP contribution < -0.4 is 31.9 Å². The van der Waals surface area contributed by atoms with Crippen LogP contribution in [0, 0.1) is 0 Å². The highest BCUT2D eigenvalue weighted by Crippen LogP contribution is 1.96. The second kappa shape index (κ2) is 12.2. The molecule has 0 radical (unpaired) electrons. The summed E-state index contributed by atoms with van der Waals surface area (Å²) >= 11 is 0. The van der Waals surface area contributed by atoms with Crippen molar-refractivity contribution in [1.29, 1.82) is 0 Å². The molecule has 12 heteroatoms. The Labute approximate surface area is 164 Å². The lowest BCUT2D eigenvalue weighted by atomic mass is 10.4. The van der Waals surface area contributed by atoms with E-state index in [2.05, 4.69) is 31.9 Å². The molecule has 2 rings (SSSR count). The lowest BCUT2D eigenvalue weighted by Crippen LogP contribution is -2.39. The van der Waals surface area contributed by atoms with Crippen molar-refractivity contribution >= 4 is 23.9 Å². The molecule has 28 heavy (non-hydrogen) atoms. The zero-order valence-corrected chi connectivity index (χ0v) is 16.0. The van der Waals surface area contributed by atoms with Crippen molar-refractivity contribution in [2.24, 2.45) is 0 Å². The van der Waals surface area contributed by atoms with Crippen LogP contribution in [0.4, 0.5) is 9.59 Å². The van der Waals surface area contributed by atoms with Gasteiger partial charge < -0.3 is 31.1 Å². The third kappa shape index (κ3) is 8.17. The monoisotopic (exact) mass is 398 g/mol. The standard InChI is InChI=1S/C16H30N8O4/c25-13-11-23(15(27)21-13)9-7-19-5-3-17-1-2-18-4-6-20-8-10-24-12-14(26)22-16(24)28/h17-20H,1-12H2,(H,21,25,27)(H,22,26,28). The highest BCUT2D eigenvalue weighted by Gasteiger charge is 2.26. The summed E-state index contributed by atoms with van der Waals surface area (Å²) in [6.45, 7) is 7.55. The van der Waals surface area contributed by atoms with E-state index in [9.17, 15) is 19.2 Å². The fourth-order valence-corrected chi connectivity index (χ4v) is 2.79. The summed E-state index contributed by atoms with van der Waals surface area (Å²) in [5, 5.41) is 17.5. The molecule has 2 aliphatic heterocycles. The maximum Gasteiger partial charge on any atom is 0.324 e. The van der Waals surface area contributed by atoms with E-state index in [1.165, 1.54) is 9.80 Å². The number of hydrogen-bond acceptors (Lipinski definition) is 8. The Morgan fingerprint density at radius 2 is 0.893 bits per heavy atom. The molecule has 0 aromatic carbocycles. The van der Waals surface area contributed by atoms with Crippen LogP contribution in [0.5, 0.6) is 0 Å². The molecular formula is C16H30N8O4. The number of nitrogens with one attached hydrogen (secondary N) is 6. The molecule has 6 N–H and O–H groups in total. The summed E-state index contributed by atoms with van der Waals surface area (Å²) < 4.78 is 0. The molecule has 158 valence electrons. The number of carbonyl (C=O) groups is 4. The highest BCUT2D eigenvalue weighted by atomic mass is 16.2. The molecule has 0 bridgehead atoms.